The second-order valence-corrected chi connectivity index (χ2v) is 6.75. The summed E-state index contributed by atoms with van der Waals surface area (Å²) < 4.78 is 5.53. The number of hydrogen-bond acceptors (Lipinski definition) is 4. The van der Waals surface area contributed by atoms with Gasteiger partial charge in [-0.1, -0.05) is 36.3 Å². The van der Waals surface area contributed by atoms with Crippen LogP contribution in [0.2, 0.25) is 0 Å². The molecule has 2 N–H and O–H groups in total. The SMILES string of the molecule is CC1CCC(N)(c2nc(C3Cc4ccccc43)no2)CC1. The van der Waals surface area contributed by atoms with Gasteiger partial charge < -0.3 is 10.3 Å². The van der Waals surface area contributed by atoms with Crippen molar-refractivity contribution in [3.63, 3.8) is 0 Å². The molecule has 1 aromatic heterocycles. The molecule has 1 unspecified atom stereocenters. The maximum atomic E-state index is 6.51. The first-order chi connectivity index (χ1) is 10.2. The van der Waals surface area contributed by atoms with Crippen molar-refractivity contribution in [2.45, 2.75) is 50.5 Å². The number of fused-ring (bicyclic) bond motifs is 1. The minimum absolute atomic E-state index is 0.282. The third-order valence-corrected chi connectivity index (χ3v) is 5.20. The summed E-state index contributed by atoms with van der Waals surface area (Å²) in [5, 5.41) is 4.21. The first-order valence-electron chi connectivity index (χ1n) is 7.86. The number of hydrogen-bond donors (Lipinski definition) is 1. The lowest BCUT2D eigenvalue weighted by Gasteiger charge is -2.32. The van der Waals surface area contributed by atoms with Crippen LogP contribution in [0.1, 0.15) is 61.4 Å². The van der Waals surface area contributed by atoms with Gasteiger partial charge in [-0.05, 0) is 49.1 Å². The lowest BCUT2D eigenvalue weighted by atomic mass is 9.76. The lowest BCUT2D eigenvalue weighted by molar-refractivity contribution is 0.190. The van der Waals surface area contributed by atoms with Crippen molar-refractivity contribution in [2.24, 2.45) is 11.7 Å². The van der Waals surface area contributed by atoms with Crippen LogP contribution in [0.3, 0.4) is 0 Å². The Hall–Kier alpha value is -1.68. The molecule has 1 aromatic carbocycles. The third-order valence-electron chi connectivity index (χ3n) is 5.20. The Morgan fingerprint density at radius 1 is 1.24 bits per heavy atom. The average molecular weight is 283 g/mol. The average Bonchev–Trinajstić information content (AvgIpc) is 2.94. The fraction of sp³-hybridized carbons (Fsp3) is 0.529. The normalized spacial score (nSPS) is 31.5. The number of rotatable bonds is 2. The van der Waals surface area contributed by atoms with Crippen molar-refractivity contribution in [1.82, 2.24) is 10.1 Å². The highest BCUT2D eigenvalue weighted by atomic mass is 16.5. The number of nitrogens with zero attached hydrogens (tertiary/aromatic N) is 2. The van der Waals surface area contributed by atoms with Crippen LogP contribution in [-0.4, -0.2) is 10.1 Å². The predicted molar refractivity (Wildman–Crippen MR) is 79.8 cm³/mol. The van der Waals surface area contributed by atoms with E-state index in [2.05, 4.69) is 41.3 Å². The first kappa shape index (κ1) is 13.0. The molecule has 2 aliphatic carbocycles. The molecule has 2 aromatic rings. The molecule has 0 bridgehead atoms. The van der Waals surface area contributed by atoms with Gasteiger partial charge in [-0.15, -0.1) is 0 Å². The highest BCUT2D eigenvalue weighted by Crippen LogP contribution is 2.41. The molecule has 1 atom stereocenters. The molecule has 0 aliphatic heterocycles. The zero-order valence-corrected chi connectivity index (χ0v) is 12.4. The van der Waals surface area contributed by atoms with Gasteiger partial charge in [0.15, 0.2) is 5.82 Å². The van der Waals surface area contributed by atoms with E-state index in [-0.39, 0.29) is 5.92 Å². The zero-order valence-electron chi connectivity index (χ0n) is 12.4. The van der Waals surface area contributed by atoms with Crippen LogP contribution in [0.4, 0.5) is 0 Å². The molecule has 0 radical (unpaired) electrons. The van der Waals surface area contributed by atoms with E-state index in [1.807, 2.05) is 0 Å². The molecule has 21 heavy (non-hydrogen) atoms. The van der Waals surface area contributed by atoms with E-state index >= 15 is 0 Å². The number of benzene rings is 1. The topological polar surface area (TPSA) is 64.9 Å². The smallest absolute Gasteiger partial charge is 0.246 e. The van der Waals surface area contributed by atoms with Gasteiger partial charge >= 0.3 is 0 Å². The number of nitrogens with two attached hydrogens (primary N) is 1. The van der Waals surface area contributed by atoms with Gasteiger partial charge in [0.25, 0.3) is 0 Å². The van der Waals surface area contributed by atoms with Crippen LogP contribution >= 0.6 is 0 Å². The minimum atomic E-state index is -0.416. The Morgan fingerprint density at radius 3 is 2.76 bits per heavy atom. The van der Waals surface area contributed by atoms with Crippen molar-refractivity contribution in [3.8, 4) is 0 Å². The molecule has 0 saturated heterocycles. The first-order valence-corrected chi connectivity index (χ1v) is 7.86. The van der Waals surface area contributed by atoms with Gasteiger partial charge in [0.05, 0.1) is 11.5 Å². The van der Waals surface area contributed by atoms with Gasteiger partial charge in [0.2, 0.25) is 5.89 Å². The van der Waals surface area contributed by atoms with Gasteiger partial charge in [-0.25, -0.2) is 0 Å². The Kier molecular flexibility index (Phi) is 2.89. The van der Waals surface area contributed by atoms with Crippen LogP contribution in [0.15, 0.2) is 28.8 Å². The van der Waals surface area contributed by atoms with E-state index in [0.717, 1.165) is 43.8 Å². The van der Waals surface area contributed by atoms with Gasteiger partial charge in [0.1, 0.15) is 0 Å². The largest absolute Gasteiger partial charge is 0.337 e. The monoisotopic (exact) mass is 283 g/mol. The molecule has 0 spiro atoms. The van der Waals surface area contributed by atoms with E-state index in [1.54, 1.807) is 0 Å². The van der Waals surface area contributed by atoms with Gasteiger partial charge in [-0.3, -0.25) is 0 Å². The Labute approximate surface area is 124 Å². The Balaban J connectivity index is 1.57. The Bertz CT molecular complexity index is 656. The highest BCUT2D eigenvalue weighted by Gasteiger charge is 2.39. The standard InChI is InChI=1S/C17H21N3O/c1-11-6-8-17(18,9-7-11)16-19-15(20-21-16)14-10-12-4-2-3-5-13(12)14/h2-5,11,14H,6-10,18H2,1H3. The van der Waals surface area contributed by atoms with E-state index in [0.29, 0.717) is 5.89 Å². The molecule has 1 saturated carbocycles. The molecule has 1 fully saturated rings. The molecule has 4 heteroatoms. The van der Waals surface area contributed by atoms with Crippen LogP contribution in [0.5, 0.6) is 0 Å². The molecule has 4 rings (SSSR count). The van der Waals surface area contributed by atoms with Crippen LogP contribution < -0.4 is 5.73 Å². The van der Waals surface area contributed by atoms with E-state index in [9.17, 15) is 0 Å². The Morgan fingerprint density at radius 2 is 2.00 bits per heavy atom. The van der Waals surface area contributed by atoms with Crippen molar-refractivity contribution in [2.75, 3.05) is 0 Å². The summed E-state index contributed by atoms with van der Waals surface area (Å²) in [6.45, 7) is 2.28. The summed E-state index contributed by atoms with van der Waals surface area (Å²) >= 11 is 0. The summed E-state index contributed by atoms with van der Waals surface area (Å²) in [5.41, 5.74) is 8.82. The maximum Gasteiger partial charge on any atom is 0.246 e. The molecule has 110 valence electrons. The van der Waals surface area contributed by atoms with Crippen LogP contribution in [0.25, 0.3) is 0 Å². The quantitative estimate of drug-likeness (QED) is 0.919. The lowest BCUT2D eigenvalue weighted by Crippen LogP contribution is -2.40. The third kappa shape index (κ3) is 2.09. The van der Waals surface area contributed by atoms with Gasteiger partial charge in [0, 0.05) is 0 Å². The highest BCUT2D eigenvalue weighted by molar-refractivity contribution is 5.43. The van der Waals surface area contributed by atoms with E-state index < -0.39 is 5.54 Å². The van der Waals surface area contributed by atoms with Crippen molar-refractivity contribution < 1.29 is 4.52 Å². The molecular weight excluding hydrogens is 262 g/mol. The van der Waals surface area contributed by atoms with Gasteiger partial charge in [-0.2, -0.15) is 4.98 Å². The fourth-order valence-electron chi connectivity index (χ4n) is 3.56. The van der Waals surface area contributed by atoms with Crippen LogP contribution in [0, 0.1) is 5.92 Å². The molecule has 2 aliphatic rings. The second kappa shape index (κ2) is 4.67. The minimum Gasteiger partial charge on any atom is -0.337 e. The van der Waals surface area contributed by atoms with Crippen molar-refractivity contribution in [3.05, 3.63) is 47.1 Å². The fourth-order valence-corrected chi connectivity index (χ4v) is 3.56. The van der Waals surface area contributed by atoms with E-state index in [1.165, 1.54) is 11.1 Å². The zero-order chi connectivity index (χ0) is 14.4. The summed E-state index contributed by atoms with van der Waals surface area (Å²) in [5.74, 6) is 2.47. The van der Waals surface area contributed by atoms with Crippen molar-refractivity contribution in [1.29, 1.82) is 0 Å². The summed E-state index contributed by atoms with van der Waals surface area (Å²) in [6.07, 6.45) is 5.17. The van der Waals surface area contributed by atoms with Crippen LogP contribution in [-0.2, 0) is 12.0 Å². The molecule has 0 amide bonds. The van der Waals surface area contributed by atoms with Crippen molar-refractivity contribution >= 4 is 0 Å². The molecular formula is C17H21N3O. The number of aromatic nitrogens is 2. The van der Waals surface area contributed by atoms with E-state index in [4.69, 9.17) is 10.3 Å². The summed E-state index contributed by atoms with van der Waals surface area (Å²) in [4.78, 5) is 4.65. The summed E-state index contributed by atoms with van der Waals surface area (Å²) in [7, 11) is 0. The predicted octanol–water partition coefficient (Wildman–Crippen LogP) is 3.12. The second-order valence-electron chi connectivity index (χ2n) is 6.75. The maximum absolute atomic E-state index is 6.51. The molecule has 1 heterocycles. The summed E-state index contributed by atoms with van der Waals surface area (Å²) in [6, 6.07) is 8.47. The molecule has 4 nitrogen and oxygen atoms in total.